The fraction of sp³-hybridized carbons (Fsp3) is 0.364. The van der Waals surface area contributed by atoms with Gasteiger partial charge in [-0.2, -0.15) is 0 Å². The lowest BCUT2D eigenvalue weighted by atomic mass is 10.2. The molecule has 96 valence electrons. The summed E-state index contributed by atoms with van der Waals surface area (Å²) < 4.78 is 13.7. The van der Waals surface area contributed by atoms with Crippen molar-refractivity contribution in [3.05, 3.63) is 34.1 Å². The number of carbonyl (C=O) groups is 1. The fourth-order valence-corrected chi connectivity index (χ4v) is 2.37. The first-order valence-corrected chi connectivity index (χ1v) is 6.45. The van der Waals surface area contributed by atoms with Crippen molar-refractivity contribution in [2.75, 3.05) is 16.8 Å². The molecule has 1 aromatic carbocycles. The van der Waals surface area contributed by atoms with E-state index >= 15 is 0 Å². The summed E-state index contributed by atoms with van der Waals surface area (Å²) in [4.78, 5) is 23.1. The number of nitro benzene ring substituents is 1. The minimum atomic E-state index is -0.621. The van der Waals surface area contributed by atoms with Crippen molar-refractivity contribution in [1.82, 2.24) is 0 Å². The Kier molecular flexibility index (Phi) is 3.60. The van der Waals surface area contributed by atoms with Crippen molar-refractivity contribution < 1.29 is 14.1 Å². The van der Waals surface area contributed by atoms with E-state index in [2.05, 4.69) is 15.9 Å². The highest BCUT2D eigenvalue weighted by Gasteiger charge is 2.32. The minimum Gasteiger partial charge on any atom is -0.309 e. The summed E-state index contributed by atoms with van der Waals surface area (Å²) in [6.07, 6.45) is 0.327. The molecule has 1 unspecified atom stereocenters. The van der Waals surface area contributed by atoms with Crippen LogP contribution in [0.3, 0.4) is 0 Å². The molecule has 0 saturated carbocycles. The second kappa shape index (κ2) is 5.01. The van der Waals surface area contributed by atoms with Gasteiger partial charge in [0.1, 0.15) is 5.82 Å². The smallest absolute Gasteiger partial charge is 0.271 e. The number of amides is 1. The van der Waals surface area contributed by atoms with Crippen LogP contribution >= 0.6 is 15.9 Å². The minimum absolute atomic E-state index is 0.0161. The Morgan fingerprint density at radius 2 is 2.28 bits per heavy atom. The van der Waals surface area contributed by atoms with Crippen molar-refractivity contribution in [2.45, 2.75) is 6.42 Å². The van der Waals surface area contributed by atoms with E-state index in [4.69, 9.17) is 0 Å². The molecule has 0 aliphatic carbocycles. The van der Waals surface area contributed by atoms with Crippen LogP contribution in [0, 0.1) is 21.8 Å². The third kappa shape index (κ3) is 2.35. The molecule has 1 saturated heterocycles. The van der Waals surface area contributed by atoms with Gasteiger partial charge in [-0.3, -0.25) is 14.9 Å². The Morgan fingerprint density at radius 1 is 1.56 bits per heavy atom. The van der Waals surface area contributed by atoms with Crippen molar-refractivity contribution >= 4 is 33.2 Å². The molecular weight excluding hydrogens is 307 g/mol. The van der Waals surface area contributed by atoms with E-state index in [1.54, 1.807) is 0 Å². The van der Waals surface area contributed by atoms with E-state index in [0.29, 0.717) is 18.3 Å². The van der Waals surface area contributed by atoms with Gasteiger partial charge < -0.3 is 4.90 Å². The lowest BCUT2D eigenvalue weighted by molar-refractivity contribution is -0.384. The summed E-state index contributed by atoms with van der Waals surface area (Å²) >= 11 is 3.28. The molecule has 1 aromatic rings. The van der Waals surface area contributed by atoms with Crippen LogP contribution in [0.1, 0.15) is 6.42 Å². The first-order valence-electron chi connectivity index (χ1n) is 5.33. The Labute approximate surface area is 111 Å². The zero-order valence-electron chi connectivity index (χ0n) is 9.31. The summed E-state index contributed by atoms with van der Waals surface area (Å²) in [5.74, 6) is -0.723. The summed E-state index contributed by atoms with van der Waals surface area (Å²) in [5, 5.41) is 11.3. The number of carbonyl (C=O) groups excluding carboxylic acids is 1. The lowest BCUT2D eigenvalue weighted by Gasteiger charge is -2.16. The fourth-order valence-electron chi connectivity index (χ4n) is 1.94. The van der Waals surface area contributed by atoms with E-state index in [0.717, 1.165) is 18.2 Å². The van der Waals surface area contributed by atoms with Crippen LogP contribution in [0.25, 0.3) is 0 Å². The molecule has 1 amide bonds. The Hall–Kier alpha value is -1.50. The highest BCUT2D eigenvalue weighted by atomic mass is 79.9. The van der Waals surface area contributed by atoms with Gasteiger partial charge in [0.05, 0.1) is 10.6 Å². The summed E-state index contributed by atoms with van der Waals surface area (Å²) in [5.41, 5.74) is -0.237. The second-order valence-corrected chi connectivity index (χ2v) is 4.77. The molecule has 0 bridgehead atoms. The molecule has 1 aliphatic rings. The predicted octanol–water partition coefficient (Wildman–Crippen LogP) is 2.48. The zero-order chi connectivity index (χ0) is 13.3. The Morgan fingerprint density at radius 3 is 2.83 bits per heavy atom. The summed E-state index contributed by atoms with van der Waals surface area (Å²) in [7, 11) is 0. The third-order valence-electron chi connectivity index (χ3n) is 2.85. The van der Waals surface area contributed by atoms with Crippen LogP contribution in [-0.2, 0) is 4.79 Å². The van der Waals surface area contributed by atoms with E-state index in [9.17, 15) is 19.3 Å². The van der Waals surface area contributed by atoms with Gasteiger partial charge in [0.25, 0.3) is 5.69 Å². The van der Waals surface area contributed by atoms with Crippen molar-refractivity contribution in [3.63, 3.8) is 0 Å². The Bertz CT molecular complexity index is 509. The van der Waals surface area contributed by atoms with Gasteiger partial charge >= 0.3 is 0 Å². The van der Waals surface area contributed by atoms with Gasteiger partial charge in [-0.05, 0) is 12.0 Å². The number of benzene rings is 1. The standard InChI is InChI=1S/C11H10BrFN2O3/c12-5-7-3-11(16)14(6-7)10-4-8(15(17)18)1-2-9(10)13/h1-2,4,7H,3,5-6H2. The van der Waals surface area contributed by atoms with Gasteiger partial charge in [-0.1, -0.05) is 15.9 Å². The zero-order valence-corrected chi connectivity index (χ0v) is 10.9. The van der Waals surface area contributed by atoms with E-state index in [1.165, 1.54) is 4.90 Å². The average Bonchev–Trinajstić information content (AvgIpc) is 2.71. The molecule has 1 fully saturated rings. The topological polar surface area (TPSA) is 63.5 Å². The third-order valence-corrected chi connectivity index (χ3v) is 3.77. The number of alkyl halides is 1. The van der Waals surface area contributed by atoms with Crippen LogP contribution in [0.4, 0.5) is 15.8 Å². The first-order chi connectivity index (χ1) is 8.52. The molecule has 0 radical (unpaired) electrons. The van der Waals surface area contributed by atoms with Gasteiger partial charge in [0.15, 0.2) is 0 Å². The molecule has 1 aliphatic heterocycles. The molecular formula is C11H10BrFN2O3. The van der Waals surface area contributed by atoms with E-state index < -0.39 is 10.7 Å². The largest absolute Gasteiger partial charge is 0.309 e. The molecule has 5 nitrogen and oxygen atoms in total. The normalized spacial score (nSPS) is 19.3. The number of nitrogens with zero attached hydrogens (tertiary/aromatic N) is 2. The maximum absolute atomic E-state index is 13.7. The average molecular weight is 317 g/mol. The molecule has 0 spiro atoms. The Balaban J connectivity index is 2.35. The highest BCUT2D eigenvalue weighted by Crippen LogP contribution is 2.30. The SMILES string of the molecule is O=C1CC(CBr)CN1c1cc([N+](=O)[O-])ccc1F. The molecule has 18 heavy (non-hydrogen) atoms. The van der Waals surface area contributed by atoms with E-state index in [-0.39, 0.29) is 23.2 Å². The molecule has 1 atom stereocenters. The number of non-ortho nitro benzene ring substituents is 1. The number of anilines is 1. The molecule has 0 N–H and O–H groups in total. The van der Waals surface area contributed by atoms with Crippen LogP contribution in [0.15, 0.2) is 18.2 Å². The second-order valence-electron chi connectivity index (χ2n) is 4.12. The van der Waals surface area contributed by atoms with Crippen molar-refractivity contribution in [3.8, 4) is 0 Å². The number of nitro groups is 1. The van der Waals surface area contributed by atoms with Crippen LogP contribution < -0.4 is 4.90 Å². The van der Waals surface area contributed by atoms with Gasteiger partial charge in [0, 0.05) is 30.4 Å². The van der Waals surface area contributed by atoms with Gasteiger partial charge in [0.2, 0.25) is 5.91 Å². The molecule has 0 aromatic heterocycles. The van der Waals surface area contributed by atoms with Crippen LogP contribution in [0.2, 0.25) is 0 Å². The maximum atomic E-state index is 13.7. The lowest BCUT2D eigenvalue weighted by Crippen LogP contribution is -2.25. The number of rotatable bonds is 3. The van der Waals surface area contributed by atoms with Gasteiger partial charge in [-0.25, -0.2) is 4.39 Å². The molecule has 2 rings (SSSR count). The number of halogens is 2. The summed E-state index contributed by atoms with van der Waals surface area (Å²) in [6.45, 7) is 0.377. The predicted molar refractivity (Wildman–Crippen MR) is 67.3 cm³/mol. The highest BCUT2D eigenvalue weighted by molar-refractivity contribution is 9.09. The number of hydrogen-bond donors (Lipinski definition) is 0. The van der Waals surface area contributed by atoms with Crippen LogP contribution in [-0.4, -0.2) is 22.7 Å². The van der Waals surface area contributed by atoms with Gasteiger partial charge in [-0.15, -0.1) is 0 Å². The van der Waals surface area contributed by atoms with Crippen molar-refractivity contribution in [1.29, 1.82) is 0 Å². The number of hydrogen-bond acceptors (Lipinski definition) is 3. The van der Waals surface area contributed by atoms with E-state index in [1.807, 2.05) is 0 Å². The quantitative estimate of drug-likeness (QED) is 0.489. The van der Waals surface area contributed by atoms with Crippen LogP contribution in [0.5, 0.6) is 0 Å². The maximum Gasteiger partial charge on any atom is 0.271 e. The first kappa shape index (κ1) is 12.9. The summed E-state index contributed by atoms with van der Waals surface area (Å²) in [6, 6.07) is 3.20. The van der Waals surface area contributed by atoms with Crippen molar-refractivity contribution in [2.24, 2.45) is 5.92 Å². The monoisotopic (exact) mass is 316 g/mol. The molecule has 1 heterocycles. The molecule has 7 heteroatoms.